The predicted octanol–water partition coefficient (Wildman–Crippen LogP) is 8.09. The number of esters is 1. The third-order valence-electron chi connectivity index (χ3n) is 10.8. The van der Waals surface area contributed by atoms with Crippen molar-refractivity contribution in [2.45, 2.75) is 91.3 Å². The van der Waals surface area contributed by atoms with Crippen molar-refractivity contribution in [2.24, 2.45) is 10.9 Å². The van der Waals surface area contributed by atoms with E-state index in [1.807, 2.05) is 97.9 Å². The fourth-order valence-electron chi connectivity index (χ4n) is 7.81. The molecule has 0 spiro atoms. The van der Waals surface area contributed by atoms with Crippen LogP contribution in [0.15, 0.2) is 133 Å². The fraction of sp³-hybridized carbons (Fsp3) is 0.321. The van der Waals surface area contributed by atoms with E-state index in [0.717, 1.165) is 37.9 Å². The summed E-state index contributed by atoms with van der Waals surface area (Å²) in [6, 6.07) is 34.4. The molecule has 15 nitrogen and oxygen atoms in total. The van der Waals surface area contributed by atoms with Gasteiger partial charge in [0, 0.05) is 29.3 Å². The lowest BCUT2D eigenvalue weighted by Crippen LogP contribution is -2.47. The number of guanidine groups is 1. The van der Waals surface area contributed by atoms with Crippen molar-refractivity contribution in [3.05, 3.63) is 155 Å². The first kappa shape index (κ1) is 52.6. The molecule has 0 aliphatic heterocycles. The zero-order valence-electron chi connectivity index (χ0n) is 41.3. The molecule has 6 rings (SSSR count). The average molecular weight is 966 g/mol. The minimum absolute atomic E-state index is 0.0196. The number of carbonyl (C=O) groups excluding carboxylic acids is 5. The molecule has 3 atom stereocenters. The van der Waals surface area contributed by atoms with Gasteiger partial charge in [-0.1, -0.05) is 117 Å². The maximum absolute atomic E-state index is 14.2. The smallest absolute Gasteiger partial charge is 0.414 e. The van der Waals surface area contributed by atoms with Gasteiger partial charge in [0.1, 0.15) is 42.8 Å². The quantitative estimate of drug-likeness (QED) is 0.0177. The number of nitrogens with zero attached hydrogens (tertiary/aromatic N) is 1. The van der Waals surface area contributed by atoms with Crippen LogP contribution in [0, 0.1) is 5.92 Å². The Kier molecular flexibility index (Phi) is 17.9. The summed E-state index contributed by atoms with van der Waals surface area (Å²) in [5, 5.41) is 14.5. The molecule has 2 unspecified atom stereocenters. The van der Waals surface area contributed by atoms with E-state index in [4.69, 9.17) is 23.7 Å². The van der Waals surface area contributed by atoms with Crippen LogP contribution in [0.1, 0.15) is 82.8 Å². The number of aliphatic imine (C=N–C) groups is 1. The van der Waals surface area contributed by atoms with Crippen molar-refractivity contribution >= 4 is 64.0 Å². The van der Waals surface area contributed by atoms with E-state index in [-0.39, 0.29) is 55.7 Å². The van der Waals surface area contributed by atoms with Gasteiger partial charge in [-0.3, -0.25) is 25.2 Å². The first-order valence-corrected chi connectivity index (χ1v) is 23.5. The Bertz CT molecular complexity index is 2850. The average Bonchev–Trinajstić information content (AvgIpc) is 3.31. The van der Waals surface area contributed by atoms with E-state index < -0.39 is 59.9 Å². The Morgan fingerprint density at radius 1 is 0.789 bits per heavy atom. The topological polar surface area (TPSA) is 192 Å². The Morgan fingerprint density at radius 2 is 1.46 bits per heavy atom. The van der Waals surface area contributed by atoms with E-state index in [1.165, 1.54) is 6.07 Å². The number of alkyl carbamates (subject to hydrolysis) is 2. The summed E-state index contributed by atoms with van der Waals surface area (Å²) < 4.78 is 29.1. The molecule has 0 fully saturated rings. The highest BCUT2D eigenvalue weighted by Gasteiger charge is 2.31. The highest BCUT2D eigenvalue weighted by Crippen LogP contribution is 2.38. The van der Waals surface area contributed by atoms with Gasteiger partial charge in [-0.25, -0.2) is 14.4 Å². The summed E-state index contributed by atoms with van der Waals surface area (Å²) in [7, 11) is 0. The molecule has 372 valence electrons. The van der Waals surface area contributed by atoms with E-state index in [0.29, 0.717) is 5.75 Å². The third-order valence-corrected chi connectivity index (χ3v) is 10.8. The lowest BCUT2D eigenvalue weighted by Gasteiger charge is -2.30. The van der Waals surface area contributed by atoms with Gasteiger partial charge in [0.05, 0.1) is 11.7 Å². The molecule has 0 aromatic heterocycles. The van der Waals surface area contributed by atoms with Crippen molar-refractivity contribution < 1.29 is 47.7 Å². The van der Waals surface area contributed by atoms with E-state index in [9.17, 15) is 24.0 Å². The Morgan fingerprint density at radius 3 is 2.17 bits per heavy atom. The highest BCUT2D eigenvalue weighted by atomic mass is 16.6. The van der Waals surface area contributed by atoms with Crippen LogP contribution >= 0.6 is 0 Å². The number of hydrogen-bond acceptors (Lipinski definition) is 11. The number of rotatable bonds is 17. The second-order valence-corrected chi connectivity index (χ2v) is 18.9. The van der Waals surface area contributed by atoms with Crippen molar-refractivity contribution in [3.8, 4) is 5.75 Å². The van der Waals surface area contributed by atoms with Crippen molar-refractivity contribution in [1.29, 1.82) is 0 Å². The number of ether oxygens (including phenoxy) is 5. The van der Waals surface area contributed by atoms with Crippen molar-refractivity contribution in [2.75, 3.05) is 25.1 Å². The molecule has 5 aromatic carbocycles. The van der Waals surface area contributed by atoms with Gasteiger partial charge in [0.15, 0.2) is 0 Å². The maximum atomic E-state index is 14.2. The fourth-order valence-corrected chi connectivity index (χ4v) is 7.81. The number of anilines is 1. The van der Waals surface area contributed by atoms with Gasteiger partial charge in [0.25, 0.3) is 0 Å². The lowest BCUT2D eigenvalue weighted by atomic mass is 9.83. The van der Waals surface area contributed by atoms with Crippen molar-refractivity contribution in [1.82, 2.24) is 16.0 Å². The second kappa shape index (κ2) is 24.2. The van der Waals surface area contributed by atoms with Gasteiger partial charge >= 0.3 is 18.2 Å². The molecule has 0 saturated carbocycles. The van der Waals surface area contributed by atoms with Crippen LogP contribution in [0.2, 0.25) is 0 Å². The normalized spacial score (nSPS) is 14.6. The maximum Gasteiger partial charge on any atom is 0.414 e. The molecule has 1 aliphatic rings. The SMILES string of the molecule is C=CCOc1ccc2ccccc2c1C1=c2ccccc2=CC(C)C1OCC(=O)N[C@H](CCCN=C(NC(=O)OC(C)(C)C)NC(=O)OC(C)(C)C)C(=O)Nc1cccc(C(=O)OCc2ccccc2)c1. The molecule has 0 heterocycles. The molecule has 0 bridgehead atoms. The standard InChI is InChI=1S/C56H63N5O10/c1-9-31-67-45-29-28-38-21-13-15-25-42(38)47(45)48-43-26-16-14-22-39(43)32-36(2)49(48)68-35-46(62)59-44(27-18-30-57-52(60-53(65)70-55(3,4)5)61-54(66)71-56(6,7)8)50(63)58-41-24-17-23-40(33-41)51(64)69-34-37-19-11-10-12-20-37/h9-17,19-26,28-29,32-33,36,44,49H,1,18,27,30-31,34-35H2,2-8H3,(H,58,63)(H,59,62)(H2,57,60,61,65,66)/t36?,44-,49?/m1/s1. The predicted molar refractivity (Wildman–Crippen MR) is 274 cm³/mol. The minimum Gasteiger partial charge on any atom is -0.489 e. The summed E-state index contributed by atoms with van der Waals surface area (Å²) in [6.07, 6.45) is 1.68. The zero-order valence-corrected chi connectivity index (χ0v) is 41.3. The second-order valence-electron chi connectivity index (χ2n) is 18.9. The van der Waals surface area contributed by atoms with E-state index >= 15 is 0 Å². The van der Waals surface area contributed by atoms with Gasteiger partial charge in [-0.05, 0) is 105 Å². The summed E-state index contributed by atoms with van der Waals surface area (Å²) in [5.74, 6) is -1.54. The molecule has 15 heteroatoms. The van der Waals surface area contributed by atoms with Crippen molar-refractivity contribution in [3.63, 3.8) is 0 Å². The number of amides is 4. The Labute approximate surface area is 414 Å². The first-order chi connectivity index (χ1) is 33.9. The largest absolute Gasteiger partial charge is 0.489 e. The number of benzene rings is 5. The minimum atomic E-state index is -1.15. The van der Waals surface area contributed by atoms with E-state index in [2.05, 4.69) is 38.9 Å². The molecule has 0 saturated heterocycles. The third kappa shape index (κ3) is 15.6. The molecule has 4 amide bonds. The number of carbonyl (C=O) groups is 5. The number of hydrogen-bond donors (Lipinski definition) is 4. The van der Waals surface area contributed by atoms with E-state index in [1.54, 1.807) is 65.8 Å². The van der Waals surface area contributed by atoms with Crippen LogP contribution in [0.25, 0.3) is 22.4 Å². The molecule has 1 aliphatic carbocycles. The van der Waals surface area contributed by atoms with Gasteiger partial charge in [-0.2, -0.15) is 0 Å². The number of nitrogens with one attached hydrogen (secondary N) is 4. The van der Waals surface area contributed by atoms with Gasteiger partial charge < -0.3 is 34.3 Å². The summed E-state index contributed by atoms with van der Waals surface area (Å²) in [4.78, 5) is 71.3. The van der Waals surface area contributed by atoms with Crippen LogP contribution in [0.5, 0.6) is 5.75 Å². The molecule has 5 aromatic rings. The summed E-state index contributed by atoms with van der Waals surface area (Å²) >= 11 is 0. The zero-order chi connectivity index (χ0) is 51.1. The van der Waals surface area contributed by atoms with Crippen LogP contribution in [0.4, 0.5) is 15.3 Å². The monoisotopic (exact) mass is 965 g/mol. The summed E-state index contributed by atoms with van der Waals surface area (Å²) in [5.41, 5.74) is 1.32. The molecule has 4 N–H and O–H groups in total. The van der Waals surface area contributed by atoms with Crippen LogP contribution in [-0.4, -0.2) is 79.0 Å². The molecule has 0 radical (unpaired) electrons. The first-order valence-electron chi connectivity index (χ1n) is 23.5. The highest BCUT2D eigenvalue weighted by molar-refractivity contribution is 6.02. The number of fused-ring (bicyclic) bond motifs is 2. The van der Waals surface area contributed by atoms with Crippen LogP contribution < -0.4 is 36.4 Å². The molecule has 71 heavy (non-hydrogen) atoms. The van der Waals surface area contributed by atoms with Crippen LogP contribution in [-0.2, 0) is 35.1 Å². The molecular formula is C56H63N5O10. The Balaban J connectivity index is 1.24. The van der Waals surface area contributed by atoms with Gasteiger partial charge in [0.2, 0.25) is 17.8 Å². The van der Waals surface area contributed by atoms with Crippen LogP contribution in [0.3, 0.4) is 0 Å². The molecular weight excluding hydrogens is 903 g/mol. The lowest BCUT2D eigenvalue weighted by molar-refractivity contribution is -0.131. The summed E-state index contributed by atoms with van der Waals surface area (Å²) in [6.45, 7) is 15.9. The Hall–Kier alpha value is -7.78. The van der Waals surface area contributed by atoms with Gasteiger partial charge in [-0.15, -0.1) is 0 Å².